The summed E-state index contributed by atoms with van der Waals surface area (Å²) in [7, 11) is 0. The monoisotopic (exact) mass is 402 g/mol. The van der Waals surface area contributed by atoms with Crippen LogP contribution in [0.15, 0.2) is 35.3 Å². The van der Waals surface area contributed by atoms with Crippen molar-refractivity contribution in [1.82, 2.24) is 9.47 Å². The van der Waals surface area contributed by atoms with Gasteiger partial charge in [0.2, 0.25) is 12.7 Å². The number of aromatic nitrogens is 1. The van der Waals surface area contributed by atoms with E-state index in [1.165, 1.54) is 4.90 Å². The number of likely N-dealkylation sites (N-methyl/N-ethyl adjacent to an activating group) is 1. The molecule has 0 atom stereocenters. The molecule has 0 spiro atoms. The lowest BCUT2D eigenvalue weighted by Crippen LogP contribution is -2.37. The predicted octanol–water partition coefficient (Wildman–Crippen LogP) is 0.633. The first-order valence-corrected chi connectivity index (χ1v) is 8.65. The number of fused-ring (bicyclic) bond motifs is 1. The third kappa shape index (κ3) is 4.18. The first-order valence-electron chi connectivity index (χ1n) is 8.65. The van der Waals surface area contributed by atoms with E-state index < -0.39 is 40.1 Å². The predicted molar refractivity (Wildman–Crippen MR) is 99.5 cm³/mol. The Morgan fingerprint density at radius 2 is 2.00 bits per heavy atom. The van der Waals surface area contributed by atoms with Gasteiger partial charge in [-0.1, -0.05) is 6.07 Å². The average molecular weight is 402 g/mol. The highest BCUT2D eigenvalue weighted by molar-refractivity contribution is 5.93. The van der Waals surface area contributed by atoms with Crippen LogP contribution >= 0.6 is 0 Å². The number of rotatable bonds is 7. The molecule has 3 rings (SSSR count). The minimum Gasteiger partial charge on any atom is -0.454 e. The number of amides is 2. The molecule has 2 heterocycles. The van der Waals surface area contributed by atoms with E-state index in [0.29, 0.717) is 18.0 Å². The number of carbonyl (C=O) groups is 2. The fraction of sp³-hybridized carbons (Fsp3) is 0.278. The van der Waals surface area contributed by atoms with E-state index in [2.05, 4.69) is 0 Å². The second-order valence-electron chi connectivity index (χ2n) is 6.26. The normalized spacial score (nSPS) is 11.9. The van der Waals surface area contributed by atoms with Crippen molar-refractivity contribution in [3.63, 3.8) is 0 Å². The first kappa shape index (κ1) is 19.9. The molecule has 152 valence electrons. The van der Waals surface area contributed by atoms with E-state index in [-0.39, 0.29) is 13.3 Å². The van der Waals surface area contributed by atoms with E-state index in [1.54, 1.807) is 25.1 Å². The summed E-state index contributed by atoms with van der Waals surface area (Å²) in [5.74, 6) is -0.368. The number of hydrogen-bond acceptors (Lipinski definition) is 7. The lowest BCUT2D eigenvalue weighted by Gasteiger charge is -2.21. The van der Waals surface area contributed by atoms with Crippen molar-refractivity contribution < 1.29 is 24.0 Å². The second-order valence-corrected chi connectivity index (χ2v) is 6.26. The van der Waals surface area contributed by atoms with Crippen LogP contribution in [0.2, 0.25) is 0 Å². The molecule has 11 nitrogen and oxygen atoms in total. The van der Waals surface area contributed by atoms with E-state index in [1.807, 2.05) is 0 Å². The van der Waals surface area contributed by atoms with E-state index >= 15 is 0 Å². The van der Waals surface area contributed by atoms with Crippen molar-refractivity contribution in [1.29, 1.82) is 0 Å². The number of hydrogen-bond donors (Lipinski definition) is 1. The SMILES string of the molecule is CCN(Cc1ccc2c(c1)OCO2)C(=O)Cn1cc([N+](=O)[O-])cc(C(N)=O)c1=O. The van der Waals surface area contributed by atoms with Crippen LogP contribution in [0.25, 0.3) is 0 Å². The van der Waals surface area contributed by atoms with Gasteiger partial charge in [-0.2, -0.15) is 0 Å². The Kier molecular flexibility index (Phi) is 5.48. The highest BCUT2D eigenvalue weighted by Crippen LogP contribution is 2.32. The van der Waals surface area contributed by atoms with Crippen LogP contribution in [0.3, 0.4) is 0 Å². The van der Waals surface area contributed by atoms with Crippen LogP contribution in [-0.4, -0.2) is 39.5 Å². The summed E-state index contributed by atoms with van der Waals surface area (Å²) in [5.41, 5.74) is 3.99. The van der Waals surface area contributed by atoms with Crippen LogP contribution in [-0.2, 0) is 17.9 Å². The maximum absolute atomic E-state index is 12.7. The van der Waals surface area contributed by atoms with Gasteiger partial charge in [0, 0.05) is 19.2 Å². The molecule has 0 fully saturated rings. The Morgan fingerprint density at radius 3 is 2.66 bits per heavy atom. The van der Waals surface area contributed by atoms with Gasteiger partial charge in [0.1, 0.15) is 12.1 Å². The molecule has 29 heavy (non-hydrogen) atoms. The number of nitro groups is 1. The lowest BCUT2D eigenvalue weighted by atomic mass is 10.2. The molecule has 0 aliphatic carbocycles. The Bertz CT molecular complexity index is 1050. The molecule has 1 aliphatic rings. The van der Waals surface area contributed by atoms with Crippen LogP contribution in [0.1, 0.15) is 22.8 Å². The van der Waals surface area contributed by atoms with Gasteiger partial charge in [-0.3, -0.25) is 29.1 Å². The van der Waals surface area contributed by atoms with Crippen molar-refractivity contribution in [2.45, 2.75) is 20.0 Å². The Labute approximate surface area is 164 Å². The van der Waals surface area contributed by atoms with Gasteiger partial charge < -0.3 is 20.1 Å². The minimum atomic E-state index is -1.10. The zero-order valence-corrected chi connectivity index (χ0v) is 15.5. The summed E-state index contributed by atoms with van der Waals surface area (Å²) in [5, 5.41) is 11.1. The summed E-state index contributed by atoms with van der Waals surface area (Å²) in [6, 6.07) is 6.08. The van der Waals surface area contributed by atoms with E-state index in [9.17, 15) is 24.5 Å². The molecular weight excluding hydrogens is 384 g/mol. The summed E-state index contributed by atoms with van der Waals surface area (Å²) < 4.78 is 11.4. The summed E-state index contributed by atoms with van der Waals surface area (Å²) >= 11 is 0. The minimum absolute atomic E-state index is 0.132. The van der Waals surface area contributed by atoms with Crippen LogP contribution in [0, 0.1) is 10.1 Å². The number of pyridine rings is 1. The smallest absolute Gasteiger partial charge is 0.286 e. The Morgan fingerprint density at radius 1 is 1.28 bits per heavy atom. The van der Waals surface area contributed by atoms with Gasteiger partial charge in [-0.15, -0.1) is 0 Å². The maximum atomic E-state index is 12.7. The van der Waals surface area contributed by atoms with Crippen molar-refractivity contribution in [3.05, 3.63) is 62.1 Å². The summed E-state index contributed by atoms with van der Waals surface area (Å²) in [6.07, 6.45) is 0.918. The molecule has 1 aromatic carbocycles. The zero-order valence-electron chi connectivity index (χ0n) is 15.5. The van der Waals surface area contributed by atoms with Crippen molar-refractivity contribution in [3.8, 4) is 11.5 Å². The second kappa shape index (κ2) is 8.00. The van der Waals surface area contributed by atoms with Gasteiger partial charge >= 0.3 is 0 Å². The maximum Gasteiger partial charge on any atom is 0.286 e. The molecule has 0 bridgehead atoms. The van der Waals surface area contributed by atoms with Gasteiger partial charge in [0.25, 0.3) is 17.2 Å². The standard InChI is InChI=1S/C18H18N4O7/c1-2-20(7-11-3-4-14-15(5-11)29-10-28-14)16(23)9-21-8-12(22(26)27)6-13(17(19)24)18(21)25/h3-6,8H,2,7,9-10H2,1H3,(H2,19,24). The number of ether oxygens (including phenoxy) is 2. The van der Waals surface area contributed by atoms with Gasteiger partial charge in [-0.25, -0.2) is 0 Å². The summed E-state index contributed by atoms with van der Waals surface area (Å²) in [6.45, 7) is 1.99. The molecule has 2 N–H and O–H groups in total. The molecule has 0 radical (unpaired) electrons. The molecule has 2 amide bonds. The zero-order chi connectivity index (χ0) is 21.1. The highest BCUT2D eigenvalue weighted by atomic mass is 16.7. The van der Waals surface area contributed by atoms with Crippen LogP contribution in [0.5, 0.6) is 11.5 Å². The quantitative estimate of drug-likeness (QED) is 0.528. The molecular formula is C18H18N4O7. The number of primary amides is 1. The van der Waals surface area contributed by atoms with Crippen molar-refractivity contribution >= 4 is 17.5 Å². The third-order valence-corrected chi connectivity index (χ3v) is 4.40. The molecule has 0 unspecified atom stereocenters. The Balaban J connectivity index is 1.83. The molecule has 2 aromatic rings. The fourth-order valence-corrected chi connectivity index (χ4v) is 2.90. The number of carbonyl (C=O) groups excluding carboxylic acids is 2. The summed E-state index contributed by atoms with van der Waals surface area (Å²) in [4.78, 5) is 48.3. The molecule has 11 heteroatoms. The van der Waals surface area contributed by atoms with Gasteiger partial charge in [0.05, 0.1) is 11.1 Å². The topological polar surface area (TPSA) is 147 Å². The number of nitrogens with zero attached hydrogens (tertiary/aromatic N) is 3. The van der Waals surface area contributed by atoms with Gasteiger partial charge in [0.15, 0.2) is 11.5 Å². The molecule has 0 saturated heterocycles. The largest absolute Gasteiger partial charge is 0.454 e. The van der Waals surface area contributed by atoms with E-state index in [4.69, 9.17) is 15.2 Å². The van der Waals surface area contributed by atoms with Crippen molar-refractivity contribution in [2.24, 2.45) is 5.73 Å². The molecule has 1 aromatic heterocycles. The molecule has 1 aliphatic heterocycles. The number of nitrogens with two attached hydrogens (primary N) is 1. The highest BCUT2D eigenvalue weighted by Gasteiger charge is 2.21. The number of benzene rings is 1. The van der Waals surface area contributed by atoms with E-state index in [0.717, 1.165) is 22.4 Å². The van der Waals surface area contributed by atoms with Crippen LogP contribution in [0.4, 0.5) is 5.69 Å². The lowest BCUT2D eigenvalue weighted by molar-refractivity contribution is -0.385. The van der Waals surface area contributed by atoms with Gasteiger partial charge in [-0.05, 0) is 24.6 Å². The Hall–Kier alpha value is -3.89. The first-order chi connectivity index (χ1) is 13.8. The molecule has 0 saturated carbocycles. The van der Waals surface area contributed by atoms with Crippen LogP contribution < -0.4 is 20.8 Å². The average Bonchev–Trinajstić information content (AvgIpc) is 3.14. The van der Waals surface area contributed by atoms with Crippen molar-refractivity contribution in [2.75, 3.05) is 13.3 Å². The fourth-order valence-electron chi connectivity index (χ4n) is 2.90. The third-order valence-electron chi connectivity index (χ3n) is 4.40.